The van der Waals surface area contributed by atoms with Crippen molar-refractivity contribution in [1.29, 1.82) is 0 Å². The van der Waals surface area contributed by atoms with E-state index in [0.29, 0.717) is 29.4 Å². The third-order valence-electron chi connectivity index (χ3n) is 5.84. The molecular formula is C27H27F3N2O2. The molecule has 0 bridgehead atoms. The molecule has 4 rings (SSSR count). The van der Waals surface area contributed by atoms with Gasteiger partial charge in [-0.05, 0) is 47.0 Å². The Morgan fingerprint density at radius 2 is 1.79 bits per heavy atom. The summed E-state index contributed by atoms with van der Waals surface area (Å²) < 4.78 is 49.9. The van der Waals surface area contributed by atoms with Gasteiger partial charge in [-0.2, -0.15) is 18.2 Å². The van der Waals surface area contributed by atoms with Gasteiger partial charge in [0.2, 0.25) is 11.7 Å². The fourth-order valence-electron chi connectivity index (χ4n) is 3.83. The van der Waals surface area contributed by atoms with E-state index in [4.69, 9.17) is 9.26 Å². The van der Waals surface area contributed by atoms with E-state index in [2.05, 4.69) is 24.0 Å². The Morgan fingerprint density at radius 1 is 1.00 bits per heavy atom. The zero-order valence-corrected chi connectivity index (χ0v) is 19.2. The van der Waals surface area contributed by atoms with Crippen molar-refractivity contribution in [2.45, 2.75) is 51.6 Å². The van der Waals surface area contributed by atoms with E-state index in [1.54, 1.807) is 6.07 Å². The molecule has 178 valence electrons. The molecule has 0 saturated heterocycles. The first kappa shape index (κ1) is 23.8. The van der Waals surface area contributed by atoms with Crippen molar-refractivity contribution in [2.75, 3.05) is 6.61 Å². The highest BCUT2D eigenvalue weighted by molar-refractivity contribution is 5.87. The highest BCUT2D eigenvalue weighted by atomic mass is 19.4. The van der Waals surface area contributed by atoms with Crippen LogP contribution in [0, 0.1) is 0 Å². The summed E-state index contributed by atoms with van der Waals surface area (Å²) in [5, 5.41) is 6.14. The summed E-state index contributed by atoms with van der Waals surface area (Å²) in [6.45, 7) is 4.54. The molecule has 0 radical (unpaired) electrons. The molecule has 0 aliphatic heterocycles. The van der Waals surface area contributed by atoms with E-state index >= 15 is 0 Å². The van der Waals surface area contributed by atoms with Gasteiger partial charge in [0.15, 0.2) is 0 Å². The molecule has 0 aliphatic rings. The Kier molecular flexibility index (Phi) is 7.20. The lowest BCUT2D eigenvalue weighted by molar-refractivity contribution is -0.137. The number of benzene rings is 3. The maximum Gasteiger partial charge on any atom is 0.416 e. The minimum absolute atomic E-state index is 0.234. The predicted octanol–water partition coefficient (Wildman–Crippen LogP) is 7.82. The van der Waals surface area contributed by atoms with Crippen LogP contribution in [0.5, 0.6) is 5.75 Å². The van der Waals surface area contributed by atoms with E-state index in [0.717, 1.165) is 41.7 Å². The van der Waals surface area contributed by atoms with Gasteiger partial charge < -0.3 is 9.26 Å². The van der Waals surface area contributed by atoms with Gasteiger partial charge in [0.05, 0.1) is 12.2 Å². The standard InChI is InChI=1S/C27H27F3N2O2/c1-3-4-6-18(2)26-31-25(32-34-26)22-10-9-21-17-24(12-11-20(21)16-22)33-14-13-19-7-5-8-23(15-19)27(28,29)30/h5,7-12,15-18H,3-4,6,13-14H2,1-2H3/t18-/m0/s1. The largest absolute Gasteiger partial charge is 0.493 e. The second-order valence-electron chi connectivity index (χ2n) is 8.52. The molecule has 7 heteroatoms. The highest BCUT2D eigenvalue weighted by Crippen LogP contribution is 2.30. The first-order valence-corrected chi connectivity index (χ1v) is 11.5. The van der Waals surface area contributed by atoms with E-state index in [1.165, 1.54) is 12.1 Å². The van der Waals surface area contributed by atoms with Crippen LogP contribution in [0.2, 0.25) is 0 Å². The minimum Gasteiger partial charge on any atom is -0.493 e. The van der Waals surface area contributed by atoms with Crippen molar-refractivity contribution in [3.05, 3.63) is 77.7 Å². The summed E-state index contributed by atoms with van der Waals surface area (Å²) in [6.07, 6.45) is -0.680. The summed E-state index contributed by atoms with van der Waals surface area (Å²) in [7, 11) is 0. The van der Waals surface area contributed by atoms with Crippen LogP contribution in [0.25, 0.3) is 22.2 Å². The van der Waals surface area contributed by atoms with Gasteiger partial charge in [0, 0.05) is 17.9 Å². The maximum atomic E-state index is 12.9. The third-order valence-corrected chi connectivity index (χ3v) is 5.84. The smallest absolute Gasteiger partial charge is 0.416 e. The molecular weight excluding hydrogens is 441 g/mol. The molecule has 4 nitrogen and oxygen atoms in total. The Morgan fingerprint density at radius 3 is 2.59 bits per heavy atom. The van der Waals surface area contributed by atoms with Crippen molar-refractivity contribution in [2.24, 2.45) is 0 Å². The number of alkyl halides is 3. The van der Waals surface area contributed by atoms with Crippen LogP contribution in [-0.4, -0.2) is 16.7 Å². The number of hydrogen-bond donors (Lipinski definition) is 0. The molecule has 1 atom stereocenters. The molecule has 34 heavy (non-hydrogen) atoms. The summed E-state index contributed by atoms with van der Waals surface area (Å²) in [4.78, 5) is 4.58. The fourth-order valence-corrected chi connectivity index (χ4v) is 3.83. The Labute approximate surface area is 196 Å². The molecule has 1 heterocycles. The monoisotopic (exact) mass is 468 g/mol. The first-order valence-electron chi connectivity index (χ1n) is 11.5. The van der Waals surface area contributed by atoms with Crippen molar-refractivity contribution in [3.63, 3.8) is 0 Å². The summed E-state index contributed by atoms with van der Waals surface area (Å²) in [5.74, 6) is 2.13. The van der Waals surface area contributed by atoms with Crippen molar-refractivity contribution < 1.29 is 22.4 Å². The molecule has 0 amide bonds. The Hall–Kier alpha value is -3.35. The topological polar surface area (TPSA) is 48.2 Å². The van der Waals surface area contributed by atoms with Gasteiger partial charge in [-0.3, -0.25) is 0 Å². The normalized spacial score (nSPS) is 12.7. The van der Waals surface area contributed by atoms with E-state index in [-0.39, 0.29) is 12.5 Å². The second-order valence-corrected chi connectivity index (χ2v) is 8.52. The van der Waals surface area contributed by atoms with Crippen LogP contribution in [0.3, 0.4) is 0 Å². The van der Waals surface area contributed by atoms with E-state index < -0.39 is 11.7 Å². The zero-order chi connectivity index (χ0) is 24.1. The van der Waals surface area contributed by atoms with Crippen molar-refractivity contribution in [1.82, 2.24) is 10.1 Å². The predicted molar refractivity (Wildman–Crippen MR) is 126 cm³/mol. The van der Waals surface area contributed by atoms with Crippen LogP contribution >= 0.6 is 0 Å². The summed E-state index contributed by atoms with van der Waals surface area (Å²) >= 11 is 0. The molecule has 4 aromatic rings. The quantitative estimate of drug-likeness (QED) is 0.251. The molecule has 0 fully saturated rings. The lowest BCUT2D eigenvalue weighted by Crippen LogP contribution is -2.07. The average Bonchev–Trinajstić information content (AvgIpc) is 3.32. The summed E-state index contributed by atoms with van der Waals surface area (Å²) in [5.41, 5.74) is 0.822. The second kappa shape index (κ2) is 10.3. The lowest BCUT2D eigenvalue weighted by Gasteiger charge is -2.10. The fraction of sp³-hybridized carbons (Fsp3) is 0.333. The van der Waals surface area contributed by atoms with Gasteiger partial charge in [-0.15, -0.1) is 0 Å². The SMILES string of the molecule is CCCC[C@H](C)c1nc(-c2ccc3cc(OCCc4cccc(C(F)(F)F)c4)ccc3c2)no1. The molecule has 1 aromatic heterocycles. The number of unbranched alkanes of at least 4 members (excludes halogenated alkanes) is 1. The molecule has 0 unspecified atom stereocenters. The van der Waals surface area contributed by atoms with Crippen LogP contribution in [0.1, 0.15) is 56.0 Å². The Balaban J connectivity index is 1.41. The van der Waals surface area contributed by atoms with Gasteiger partial charge in [0.1, 0.15) is 5.75 Å². The van der Waals surface area contributed by atoms with Crippen LogP contribution in [0.4, 0.5) is 13.2 Å². The number of nitrogens with zero attached hydrogens (tertiary/aromatic N) is 2. The van der Waals surface area contributed by atoms with E-state index in [1.807, 2.05) is 36.4 Å². The number of hydrogen-bond acceptors (Lipinski definition) is 4. The average molecular weight is 469 g/mol. The molecule has 0 N–H and O–H groups in total. The first-order chi connectivity index (χ1) is 16.3. The van der Waals surface area contributed by atoms with Gasteiger partial charge in [-0.25, -0.2) is 0 Å². The number of ether oxygens (including phenoxy) is 1. The van der Waals surface area contributed by atoms with Crippen molar-refractivity contribution in [3.8, 4) is 17.1 Å². The number of rotatable bonds is 9. The van der Waals surface area contributed by atoms with Crippen LogP contribution < -0.4 is 4.74 Å². The third kappa shape index (κ3) is 5.76. The molecule has 0 saturated carbocycles. The maximum absolute atomic E-state index is 12.9. The minimum atomic E-state index is -4.34. The number of fused-ring (bicyclic) bond motifs is 1. The molecule has 3 aromatic carbocycles. The number of halogens is 3. The Bertz CT molecular complexity index is 1250. The van der Waals surface area contributed by atoms with Crippen molar-refractivity contribution >= 4 is 10.8 Å². The van der Waals surface area contributed by atoms with Gasteiger partial charge in [0.25, 0.3) is 0 Å². The van der Waals surface area contributed by atoms with Crippen LogP contribution in [0.15, 0.2) is 65.2 Å². The van der Waals surface area contributed by atoms with E-state index in [9.17, 15) is 13.2 Å². The summed E-state index contributed by atoms with van der Waals surface area (Å²) in [6, 6.07) is 17.0. The number of aromatic nitrogens is 2. The lowest BCUT2D eigenvalue weighted by atomic mass is 10.0. The van der Waals surface area contributed by atoms with Gasteiger partial charge in [-0.1, -0.05) is 68.2 Å². The zero-order valence-electron chi connectivity index (χ0n) is 19.2. The highest BCUT2D eigenvalue weighted by Gasteiger charge is 2.30. The molecule has 0 aliphatic carbocycles. The van der Waals surface area contributed by atoms with Crippen LogP contribution in [-0.2, 0) is 12.6 Å². The van der Waals surface area contributed by atoms with Gasteiger partial charge >= 0.3 is 6.18 Å². The molecule has 0 spiro atoms.